The average Bonchev–Trinajstić information content (AvgIpc) is 2.67. The number of benzene rings is 2. The van der Waals surface area contributed by atoms with Crippen LogP contribution >= 0.6 is 0 Å². The quantitative estimate of drug-likeness (QED) is 0.492. The first-order chi connectivity index (χ1) is 13.5. The van der Waals surface area contributed by atoms with Crippen molar-refractivity contribution in [3.05, 3.63) is 53.6 Å². The Morgan fingerprint density at radius 1 is 1.03 bits per heavy atom. The van der Waals surface area contributed by atoms with Gasteiger partial charge in [-0.3, -0.25) is 13.9 Å². The Bertz CT molecular complexity index is 1050. The SMILES string of the molecule is CN(c1ccc(C(=O)NCCC(=O)O)cc1)S(=O)(=O)c1ccc(O)c(C(=O)O)c1. The van der Waals surface area contributed by atoms with E-state index in [0.29, 0.717) is 0 Å². The summed E-state index contributed by atoms with van der Waals surface area (Å²) in [4.78, 5) is 33.2. The monoisotopic (exact) mass is 422 g/mol. The molecule has 11 heteroatoms. The summed E-state index contributed by atoms with van der Waals surface area (Å²) in [5, 5.41) is 29.6. The largest absolute Gasteiger partial charge is 0.507 e. The first-order valence-corrected chi connectivity index (χ1v) is 9.63. The Morgan fingerprint density at radius 3 is 2.21 bits per heavy atom. The van der Waals surface area contributed by atoms with Gasteiger partial charge in [-0.15, -0.1) is 0 Å². The standard InChI is InChI=1S/C18H18N2O8S/c1-20(29(27,28)13-6-7-15(21)14(10-13)18(25)26)12-4-2-11(3-5-12)17(24)19-9-8-16(22)23/h2-7,10,21H,8-9H2,1H3,(H,19,24)(H,22,23)(H,25,26). The van der Waals surface area contributed by atoms with Gasteiger partial charge in [-0.25, -0.2) is 13.2 Å². The van der Waals surface area contributed by atoms with Crippen LogP contribution in [0.2, 0.25) is 0 Å². The number of aromatic hydroxyl groups is 1. The molecule has 0 aliphatic rings. The number of aromatic carboxylic acids is 1. The van der Waals surface area contributed by atoms with Crippen molar-refractivity contribution < 1.29 is 38.1 Å². The molecule has 0 spiro atoms. The number of rotatable bonds is 8. The fraction of sp³-hybridized carbons (Fsp3) is 0.167. The van der Waals surface area contributed by atoms with Crippen LogP contribution in [-0.2, 0) is 14.8 Å². The predicted octanol–water partition coefficient (Wildman–Crippen LogP) is 1.12. The molecule has 10 nitrogen and oxygen atoms in total. The molecule has 2 aromatic carbocycles. The lowest BCUT2D eigenvalue weighted by atomic mass is 10.2. The molecule has 0 atom stereocenters. The number of hydrogen-bond donors (Lipinski definition) is 4. The molecule has 0 heterocycles. The fourth-order valence-electron chi connectivity index (χ4n) is 2.35. The van der Waals surface area contributed by atoms with E-state index in [2.05, 4.69) is 5.32 Å². The smallest absolute Gasteiger partial charge is 0.339 e. The third kappa shape index (κ3) is 5.02. The molecule has 0 aliphatic heterocycles. The Balaban J connectivity index is 2.22. The topological polar surface area (TPSA) is 161 Å². The van der Waals surface area contributed by atoms with Crippen LogP contribution in [0.4, 0.5) is 5.69 Å². The van der Waals surface area contributed by atoms with Gasteiger partial charge in [0.2, 0.25) is 0 Å². The second-order valence-electron chi connectivity index (χ2n) is 5.90. The van der Waals surface area contributed by atoms with E-state index in [-0.39, 0.29) is 29.1 Å². The Morgan fingerprint density at radius 2 is 1.66 bits per heavy atom. The number of sulfonamides is 1. The fourth-order valence-corrected chi connectivity index (χ4v) is 3.57. The van der Waals surface area contributed by atoms with Gasteiger partial charge in [-0.05, 0) is 42.5 Å². The van der Waals surface area contributed by atoms with E-state index in [1.165, 1.54) is 31.3 Å². The lowest BCUT2D eigenvalue weighted by Gasteiger charge is -2.20. The summed E-state index contributed by atoms with van der Waals surface area (Å²) in [5.74, 6) is -3.58. The van der Waals surface area contributed by atoms with Gasteiger partial charge in [-0.2, -0.15) is 0 Å². The highest BCUT2D eigenvalue weighted by Crippen LogP contribution is 2.26. The molecule has 0 saturated heterocycles. The molecule has 0 bridgehead atoms. The summed E-state index contributed by atoms with van der Waals surface area (Å²) in [6.07, 6.45) is -0.226. The molecule has 0 fully saturated rings. The normalized spacial score (nSPS) is 10.9. The lowest BCUT2D eigenvalue weighted by Crippen LogP contribution is -2.27. The van der Waals surface area contributed by atoms with Gasteiger partial charge in [0.05, 0.1) is 17.0 Å². The van der Waals surface area contributed by atoms with Crippen LogP contribution in [0.5, 0.6) is 5.75 Å². The maximum atomic E-state index is 12.8. The summed E-state index contributed by atoms with van der Waals surface area (Å²) in [6.45, 7) is -0.0447. The Hall–Kier alpha value is -3.60. The van der Waals surface area contributed by atoms with Crippen molar-refractivity contribution in [3.8, 4) is 5.75 Å². The highest BCUT2D eigenvalue weighted by molar-refractivity contribution is 7.92. The summed E-state index contributed by atoms with van der Waals surface area (Å²) in [7, 11) is -2.87. The number of anilines is 1. The van der Waals surface area contributed by atoms with E-state index in [1.807, 2.05) is 0 Å². The van der Waals surface area contributed by atoms with Crippen LogP contribution in [0.3, 0.4) is 0 Å². The van der Waals surface area contributed by atoms with Crippen molar-refractivity contribution in [2.45, 2.75) is 11.3 Å². The molecule has 154 valence electrons. The maximum Gasteiger partial charge on any atom is 0.339 e. The van der Waals surface area contributed by atoms with Gasteiger partial charge in [0.25, 0.3) is 15.9 Å². The highest BCUT2D eigenvalue weighted by Gasteiger charge is 2.24. The van der Waals surface area contributed by atoms with Crippen LogP contribution < -0.4 is 9.62 Å². The zero-order chi connectivity index (χ0) is 21.8. The van der Waals surface area contributed by atoms with Gasteiger partial charge in [0.15, 0.2) is 0 Å². The van der Waals surface area contributed by atoms with Crippen molar-refractivity contribution >= 4 is 33.6 Å². The number of carbonyl (C=O) groups is 3. The molecule has 1 amide bonds. The minimum atomic E-state index is -4.13. The number of phenols is 1. The molecule has 29 heavy (non-hydrogen) atoms. The van der Waals surface area contributed by atoms with Crippen LogP contribution in [0, 0.1) is 0 Å². The van der Waals surface area contributed by atoms with E-state index in [1.54, 1.807) is 0 Å². The van der Waals surface area contributed by atoms with E-state index in [4.69, 9.17) is 10.2 Å². The first kappa shape index (κ1) is 21.7. The number of carbonyl (C=O) groups excluding carboxylic acids is 1. The minimum Gasteiger partial charge on any atom is -0.507 e. The van der Waals surface area contributed by atoms with E-state index in [9.17, 15) is 27.9 Å². The average molecular weight is 422 g/mol. The van der Waals surface area contributed by atoms with Crippen molar-refractivity contribution in [1.29, 1.82) is 0 Å². The predicted molar refractivity (Wildman–Crippen MR) is 102 cm³/mol. The zero-order valence-corrected chi connectivity index (χ0v) is 16.0. The summed E-state index contributed by atoms with van der Waals surface area (Å²) >= 11 is 0. The van der Waals surface area contributed by atoms with Gasteiger partial charge in [0.1, 0.15) is 11.3 Å². The second kappa shape index (κ2) is 8.61. The van der Waals surface area contributed by atoms with Gasteiger partial charge in [0, 0.05) is 19.2 Å². The number of hydrogen-bond acceptors (Lipinski definition) is 6. The highest BCUT2D eigenvalue weighted by atomic mass is 32.2. The summed E-state index contributed by atoms with van der Waals surface area (Å²) in [6, 6.07) is 8.42. The van der Waals surface area contributed by atoms with Crippen LogP contribution in [0.15, 0.2) is 47.4 Å². The summed E-state index contributed by atoms with van der Waals surface area (Å²) < 4.78 is 26.4. The molecule has 0 unspecified atom stereocenters. The number of aliphatic carboxylic acids is 1. The van der Waals surface area contributed by atoms with Gasteiger partial charge in [-0.1, -0.05) is 0 Å². The van der Waals surface area contributed by atoms with E-state index < -0.39 is 39.2 Å². The molecule has 0 saturated carbocycles. The molecular weight excluding hydrogens is 404 g/mol. The van der Waals surface area contributed by atoms with Crippen LogP contribution in [0.1, 0.15) is 27.1 Å². The van der Waals surface area contributed by atoms with Crippen molar-refractivity contribution in [1.82, 2.24) is 5.32 Å². The number of amides is 1. The number of nitrogens with one attached hydrogen (secondary N) is 1. The van der Waals surface area contributed by atoms with E-state index >= 15 is 0 Å². The third-order valence-corrected chi connectivity index (χ3v) is 5.76. The van der Waals surface area contributed by atoms with E-state index in [0.717, 1.165) is 22.5 Å². The summed E-state index contributed by atoms with van der Waals surface area (Å²) in [5.41, 5.74) is -0.132. The maximum absolute atomic E-state index is 12.8. The van der Waals surface area contributed by atoms with Crippen molar-refractivity contribution in [3.63, 3.8) is 0 Å². The molecule has 0 aliphatic carbocycles. The second-order valence-corrected chi connectivity index (χ2v) is 7.87. The number of carboxylic acids is 2. The molecule has 0 radical (unpaired) electrons. The van der Waals surface area contributed by atoms with Crippen LogP contribution in [-0.4, -0.2) is 55.2 Å². The number of carboxylic acid groups (broad SMARTS) is 2. The first-order valence-electron chi connectivity index (χ1n) is 8.19. The van der Waals surface area contributed by atoms with Crippen LogP contribution in [0.25, 0.3) is 0 Å². The molecular formula is C18H18N2O8S. The Kier molecular flexibility index (Phi) is 6.44. The molecule has 0 aromatic heterocycles. The van der Waals surface area contributed by atoms with Gasteiger partial charge < -0.3 is 20.6 Å². The van der Waals surface area contributed by atoms with Crippen molar-refractivity contribution in [2.75, 3.05) is 17.9 Å². The molecule has 4 N–H and O–H groups in total. The zero-order valence-electron chi connectivity index (χ0n) is 15.2. The minimum absolute atomic E-state index is 0.0447. The molecule has 2 rings (SSSR count). The Labute approximate surface area is 166 Å². The third-order valence-electron chi connectivity index (χ3n) is 3.97. The molecule has 2 aromatic rings. The van der Waals surface area contributed by atoms with Crippen molar-refractivity contribution in [2.24, 2.45) is 0 Å². The lowest BCUT2D eigenvalue weighted by molar-refractivity contribution is -0.136. The number of nitrogens with zero attached hydrogens (tertiary/aromatic N) is 1. The van der Waals surface area contributed by atoms with Gasteiger partial charge >= 0.3 is 11.9 Å².